The Morgan fingerprint density at radius 1 is 1.03 bits per heavy atom. The zero-order valence-corrected chi connectivity index (χ0v) is 16.3. The Balaban J connectivity index is 2.04. The lowest BCUT2D eigenvalue weighted by molar-refractivity contribution is -0.274. The van der Waals surface area contributed by atoms with E-state index < -0.39 is 87.5 Å². The van der Waals surface area contributed by atoms with Crippen molar-refractivity contribution in [2.24, 2.45) is 0 Å². The van der Waals surface area contributed by atoms with Gasteiger partial charge in [-0.2, -0.15) is 0 Å². The minimum absolute atomic E-state index is 0.133. The minimum Gasteiger partial charge on any atom is -0.478 e. The van der Waals surface area contributed by atoms with E-state index in [9.17, 15) is 45.4 Å². The highest BCUT2D eigenvalue weighted by Gasteiger charge is 2.35. The van der Waals surface area contributed by atoms with Crippen molar-refractivity contribution in [2.45, 2.75) is 31.7 Å². The van der Waals surface area contributed by atoms with Gasteiger partial charge in [-0.15, -0.1) is 13.2 Å². The quantitative estimate of drug-likeness (QED) is 0.474. The number of aliphatic hydroxyl groups is 1. The summed E-state index contributed by atoms with van der Waals surface area (Å²) < 4.78 is 99.3. The van der Waals surface area contributed by atoms with E-state index in [0.717, 1.165) is 18.2 Å². The first-order valence-electron chi connectivity index (χ1n) is 9.20. The zero-order chi connectivity index (χ0) is 24.7. The van der Waals surface area contributed by atoms with Crippen LogP contribution in [0.2, 0.25) is 0 Å². The van der Waals surface area contributed by atoms with Crippen LogP contribution in [0, 0.1) is 23.3 Å². The fraction of sp³-hybridized carbons (Fsp3) is 0.238. The molecule has 176 valence electrons. The van der Waals surface area contributed by atoms with Gasteiger partial charge in [0.2, 0.25) is 0 Å². The molecule has 3 rings (SSSR count). The number of carbonyl (C=O) groups excluding carboxylic acids is 1. The van der Waals surface area contributed by atoms with Crippen LogP contribution in [0.5, 0.6) is 5.75 Å². The number of halogens is 7. The topological polar surface area (TPSA) is 83.8 Å². The van der Waals surface area contributed by atoms with E-state index in [0.29, 0.717) is 6.07 Å². The fourth-order valence-corrected chi connectivity index (χ4v) is 3.53. The van der Waals surface area contributed by atoms with Gasteiger partial charge in [0.1, 0.15) is 5.75 Å². The molecule has 0 fully saturated rings. The highest BCUT2D eigenvalue weighted by Crippen LogP contribution is 2.36. The molecule has 0 saturated heterocycles. The molecular weight excluding hydrogens is 465 g/mol. The maximum Gasteiger partial charge on any atom is 0.573 e. The van der Waals surface area contributed by atoms with Gasteiger partial charge in [0.05, 0.1) is 11.7 Å². The lowest BCUT2D eigenvalue weighted by Crippen LogP contribution is -2.20. The molecule has 0 heterocycles. The number of benzene rings is 2. The van der Waals surface area contributed by atoms with Crippen molar-refractivity contribution in [3.8, 4) is 16.9 Å². The van der Waals surface area contributed by atoms with Gasteiger partial charge >= 0.3 is 12.3 Å². The molecule has 2 aromatic carbocycles. The molecular formula is C21H13F7O5. The molecule has 12 heteroatoms. The van der Waals surface area contributed by atoms with Crippen LogP contribution in [0.1, 0.15) is 18.4 Å². The average molecular weight is 478 g/mol. The van der Waals surface area contributed by atoms with Crippen LogP contribution in [0.15, 0.2) is 35.4 Å². The summed E-state index contributed by atoms with van der Waals surface area (Å²) in [5.41, 5.74) is -4.47. The number of hydrogen-bond donors (Lipinski definition) is 2. The molecule has 0 aliphatic heterocycles. The standard InChI is InChI=1S/C21H13F7O5/c22-16-11(7-13(30)15-10(20(31)32)4-5-12(15)29)17(23)19(25)14(18(16)24)8-2-1-3-9(6-8)33-21(26,27)28/h1-3,6,12,29H,4-5,7H2,(H,31,32). The number of alkyl halides is 3. The molecule has 1 atom stereocenters. The van der Waals surface area contributed by atoms with Crippen molar-refractivity contribution >= 4 is 11.8 Å². The molecule has 33 heavy (non-hydrogen) atoms. The van der Waals surface area contributed by atoms with Crippen LogP contribution in [-0.4, -0.2) is 34.4 Å². The fourth-order valence-electron chi connectivity index (χ4n) is 3.53. The molecule has 1 aliphatic rings. The second-order valence-electron chi connectivity index (χ2n) is 7.04. The van der Waals surface area contributed by atoms with E-state index >= 15 is 0 Å². The predicted molar refractivity (Wildman–Crippen MR) is 97.0 cm³/mol. The van der Waals surface area contributed by atoms with Crippen LogP contribution in [0.3, 0.4) is 0 Å². The summed E-state index contributed by atoms with van der Waals surface area (Å²) in [6, 6.07) is 3.10. The van der Waals surface area contributed by atoms with E-state index in [1.807, 2.05) is 0 Å². The summed E-state index contributed by atoms with van der Waals surface area (Å²) in [6.07, 6.45) is -8.29. The van der Waals surface area contributed by atoms with Crippen molar-refractivity contribution in [3.63, 3.8) is 0 Å². The Hall–Kier alpha value is -3.41. The van der Waals surface area contributed by atoms with Gasteiger partial charge in [0, 0.05) is 23.1 Å². The number of aliphatic hydroxyl groups excluding tert-OH is 1. The Morgan fingerprint density at radius 2 is 1.64 bits per heavy atom. The molecule has 0 bridgehead atoms. The van der Waals surface area contributed by atoms with Crippen LogP contribution in [0.25, 0.3) is 11.1 Å². The Morgan fingerprint density at radius 3 is 2.18 bits per heavy atom. The van der Waals surface area contributed by atoms with E-state index in [-0.39, 0.29) is 12.8 Å². The third-order valence-corrected chi connectivity index (χ3v) is 4.93. The number of hydrogen-bond acceptors (Lipinski definition) is 4. The highest BCUT2D eigenvalue weighted by atomic mass is 19.4. The maximum atomic E-state index is 14.7. The van der Waals surface area contributed by atoms with E-state index in [2.05, 4.69) is 4.74 Å². The smallest absolute Gasteiger partial charge is 0.478 e. The lowest BCUT2D eigenvalue weighted by atomic mass is 9.95. The van der Waals surface area contributed by atoms with Crippen molar-refractivity contribution in [3.05, 3.63) is 64.2 Å². The molecule has 2 aromatic rings. The largest absolute Gasteiger partial charge is 0.573 e. The second kappa shape index (κ2) is 8.85. The number of Topliss-reactive ketones (excluding diaryl/α,β-unsaturated/α-hetero) is 1. The van der Waals surface area contributed by atoms with Gasteiger partial charge in [-0.1, -0.05) is 12.1 Å². The molecule has 0 amide bonds. The summed E-state index contributed by atoms with van der Waals surface area (Å²) in [5, 5.41) is 18.9. The van der Waals surface area contributed by atoms with Crippen LogP contribution in [0.4, 0.5) is 30.7 Å². The summed E-state index contributed by atoms with van der Waals surface area (Å²) in [5.74, 6) is -11.6. The lowest BCUT2D eigenvalue weighted by Gasteiger charge is -2.14. The maximum absolute atomic E-state index is 14.7. The molecule has 0 radical (unpaired) electrons. The van der Waals surface area contributed by atoms with Gasteiger partial charge in [0.15, 0.2) is 29.1 Å². The van der Waals surface area contributed by atoms with Crippen molar-refractivity contribution in [2.75, 3.05) is 0 Å². The summed E-state index contributed by atoms with van der Waals surface area (Å²) in [4.78, 5) is 23.6. The van der Waals surface area contributed by atoms with Gasteiger partial charge < -0.3 is 14.9 Å². The van der Waals surface area contributed by atoms with Crippen LogP contribution < -0.4 is 4.74 Å². The summed E-state index contributed by atoms with van der Waals surface area (Å²) in [7, 11) is 0. The molecule has 5 nitrogen and oxygen atoms in total. The third-order valence-electron chi connectivity index (χ3n) is 4.93. The first-order chi connectivity index (χ1) is 15.3. The molecule has 2 N–H and O–H groups in total. The Kier molecular flexibility index (Phi) is 6.50. The number of rotatable bonds is 6. The summed E-state index contributed by atoms with van der Waals surface area (Å²) in [6.45, 7) is 0. The highest BCUT2D eigenvalue weighted by molar-refractivity contribution is 6.05. The van der Waals surface area contributed by atoms with Gasteiger partial charge in [-0.05, 0) is 30.5 Å². The Labute approximate surface area is 180 Å². The second-order valence-corrected chi connectivity index (χ2v) is 7.04. The first-order valence-corrected chi connectivity index (χ1v) is 9.20. The first kappa shape index (κ1) is 24.2. The monoisotopic (exact) mass is 478 g/mol. The number of ketones is 1. The van der Waals surface area contributed by atoms with Gasteiger partial charge in [0.25, 0.3) is 0 Å². The van der Waals surface area contributed by atoms with E-state index in [4.69, 9.17) is 5.11 Å². The minimum atomic E-state index is -5.13. The van der Waals surface area contributed by atoms with Crippen LogP contribution >= 0.6 is 0 Å². The molecule has 0 spiro atoms. The molecule has 1 unspecified atom stereocenters. The van der Waals surface area contributed by atoms with Gasteiger partial charge in [-0.25, -0.2) is 22.4 Å². The third kappa shape index (κ3) is 4.85. The Bertz CT molecular complexity index is 1140. The van der Waals surface area contributed by atoms with E-state index in [1.165, 1.54) is 0 Å². The van der Waals surface area contributed by atoms with E-state index in [1.54, 1.807) is 0 Å². The zero-order valence-electron chi connectivity index (χ0n) is 16.3. The molecule has 1 aliphatic carbocycles. The number of aliphatic carboxylic acids is 1. The van der Waals surface area contributed by atoms with Crippen molar-refractivity contribution in [1.82, 2.24) is 0 Å². The van der Waals surface area contributed by atoms with Crippen molar-refractivity contribution < 1.29 is 55.3 Å². The molecule has 0 saturated carbocycles. The van der Waals surface area contributed by atoms with Crippen LogP contribution in [-0.2, 0) is 16.0 Å². The average Bonchev–Trinajstić information content (AvgIpc) is 3.11. The van der Waals surface area contributed by atoms with Crippen molar-refractivity contribution in [1.29, 1.82) is 0 Å². The summed E-state index contributed by atoms with van der Waals surface area (Å²) >= 11 is 0. The normalized spacial score (nSPS) is 16.3. The number of carboxylic acid groups (broad SMARTS) is 1. The van der Waals surface area contributed by atoms with Gasteiger partial charge in [-0.3, -0.25) is 4.79 Å². The number of carboxylic acids is 1. The molecule has 0 aromatic heterocycles. The number of ether oxygens (including phenoxy) is 1. The number of carbonyl (C=O) groups is 2. The predicted octanol–water partition coefficient (Wildman–Crippen LogP) is 4.46. The SMILES string of the molecule is O=C(O)C1=C(C(=O)Cc2c(F)c(F)c(-c3cccc(OC(F)(F)F)c3)c(F)c2F)C(O)CC1.